The number of halogens is 2. The van der Waals surface area contributed by atoms with E-state index in [-0.39, 0.29) is 23.8 Å². The third kappa shape index (κ3) is 4.12. The minimum atomic E-state index is -2.88. The predicted octanol–water partition coefficient (Wildman–Crippen LogP) is 1.48. The second-order valence-electron chi connectivity index (χ2n) is 4.92. The summed E-state index contributed by atoms with van der Waals surface area (Å²) in [5.41, 5.74) is 6.20. The lowest BCUT2D eigenvalue weighted by Crippen LogP contribution is -2.51. The molecule has 0 bridgehead atoms. The zero-order chi connectivity index (χ0) is 15.4. The molecule has 21 heavy (non-hydrogen) atoms. The summed E-state index contributed by atoms with van der Waals surface area (Å²) >= 11 is 0. The summed E-state index contributed by atoms with van der Waals surface area (Å²) in [7, 11) is 0. The second-order valence-corrected chi connectivity index (χ2v) is 4.92. The molecule has 2 atom stereocenters. The first kappa shape index (κ1) is 15.7. The van der Waals surface area contributed by atoms with Crippen LogP contribution in [0.2, 0.25) is 0 Å². The van der Waals surface area contributed by atoms with Crippen molar-refractivity contribution in [3.63, 3.8) is 0 Å². The number of hydrogen-bond donors (Lipinski definition) is 1. The molecule has 1 saturated heterocycles. The molecule has 1 amide bonds. The maximum absolute atomic E-state index is 12.3. The Labute approximate surface area is 121 Å². The molecule has 2 rings (SSSR count). The minimum absolute atomic E-state index is 0.0250. The molecule has 2 unspecified atom stereocenters. The van der Waals surface area contributed by atoms with Gasteiger partial charge in [-0.05, 0) is 31.2 Å². The van der Waals surface area contributed by atoms with Crippen LogP contribution < -0.4 is 10.5 Å². The smallest absolute Gasteiger partial charge is 0.387 e. The quantitative estimate of drug-likeness (QED) is 0.914. The Morgan fingerprint density at radius 3 is 2.67 bits per heavy atom. The highest BCUT2D eigenvalue weighted by Gasteiger charge is 2.27. The van der Waals surface area contributed by atoms with E-state index in [1.54, 1.807) is 4.90 Å². The van der Waals surface area contributed by atoms with Crippen LogP contribution in [0.5, 0.6) is 5.75 Å². The largest absolute Gasteiger partial charge is 0.435 e. The summed E-state index contributed by atoms with van der Waals surface area (Å²) in [6.07, 6.45) is -0.191. The number of morpholine rings is 1. The molecule has 1 aliphatic heterocycles. The SMILES string of the molecule is CC(N)C1CN(C(=O)c2ccc(OC(F)F)cc2)CCO1. The van der Waals surface area contributed by atoms with E-state index in [9.17, 15) is 13.6 Å². The van der Waals surface area contributed by atoms with Gasteiger partial charge in [0.25, 0.3) is 5.91 Å². The van der Waals surface area contributed by atoms with Crippen molar-refractivity contribution in [3.05, 3.63) is 29.8 Å². The molecule has 1 heterocycles. The summed E-state index contributed by atoms with van der Waals surface area (Å²) in [5, 5.41) is 0. The summed E-state index contributed by atoms with van der Waals surface area (Å²) in [6.45, 7) is 0.292. The number of rotatable bonds is 4. The number of benzene rings is 1. The van der Waals surface area contributed by atoms with E-state index in [1.165, 1.54) is 24.3 Å². The number of carbonyl (C=O) groups excluding carboxylic acids is 1. The number of nitrogens with zero attached hydrogens (tertiary/aromatic N) is 1. The van der Waals surface area contributed by atoms with Crippen LogP contribution in [0.15, 0.2) is 24.3 Å². The highest BCUT2D eigenvalue weighted by Crippen LogP contribution is 2.17. The van der Waals surface area contributed by atoms with Crippen molar-refractivity contribution in [1.82, 2.24) is 4.90 Å². The number of nitrogens with two attached hydrogens (primary N) is 1. The van der Waals surface area contributed by atoms with Gasteiger partial charge in [0, 0.05) is 24.7 Å². The topological polar surface area (TPSA) is 64.8 Å². The van der Waals surface area contributed by atoms with Gasteiger partial charge in [0.1, 0.15) is 5.75 Å². The normalized spacial score (nSPS) is 20.4. The molecule has 7 heteroatoms. The number of alkyl halides is 2. The van der Waals surface area contributed by atoms with Crippen molar-refractivity contribution in [2.45, 2.75) is 25.7 Å². The van der Waals surface area contributed by atoms with E-state index in [0.29, 0.717) is 25.3 Å². The van der Waals surface area contributed by atoms with Crippen molar-refractivity contribution in [3.8, 4) is 5.75 Å². The molecule has 1 aliphatic rings. The Balaban J connectivity index is 2.02. The van der Waals surface area contributed by atoms with Gasteiger partial charge < -0.3 is 20.1 Å². The van der Waals surface area contributed by atoms with Gasteiger partial charge >= 0.3 is 6.61 Å². The minimum Gasteiger partial charge on any atom is -0.435 e. The van der Waals surface area contributed by atoms with E-state index in [4.69, 9.17) is 10.5 Å². The average molecular weight is 300 g/mol. The van der Waals surface area contributed by atoms with E-state index in [1.807, 2.05) is 6.92 Å². The number of hydrogen-bond acceptors (Lipinski definition) is 4. The van der Waals surface area contributed by atoms with Crippen molar-refractivity contribution in [2.24, 2.45) is 5.73 Å². The number of amides is 1. The van der Waals surface area contributed by atoms with Crippen molar-refractivity contribution in [1.29, 1.82) is 0 Å². The maximum atomic E-state index is 12.3. The summed E-state index contributed by atoms with van der Waals surface area (Å²) in [6, 6.07) is 5.47. The van der Waals surface area contributed by atoms with Crippen molar-refractivity contribution < 1.29 is 23.0 Å². The van der Waals surface area contributed by atoms with Crippen LogP contribution in [0, 0.1) is 0 Å². The van der Waals surface area contributed by atoms with Crippen LogP contribution in [-0.4, -0.2) is 49.3 Å². The first-order valence-corrected chi connectivity index (χ1v) is 6.68. The third-order valence-corrected chi connectivity index (χ3v) is 3.29. The first-order chi connectivity index (χ1) is 9.97. The monoisotopic (exact) mass is 300 g/mol. The van der Waals surface area contributed by atoms with Gasteiger partial charge in [-0.15, -0.1) is 0 Å². The fourth-order valence-corrected chi connectivity index (χ4v) is 2.14. The van der Waals surface area contributed by atoms with Crippen LogP contribution in [0.4, 0.5) is 8.78 Å². The lowest BCUT2D eigenvalue weighted by atomic mass is 10.1. The zero-order valence-electron chi connectivity index (χ0n) is 11.7. The zero-order valence-corrected chi connectivity index (χ0v) is 11.7. The highest BCUT2D eigenvalue weighted by molar-refractivity contribution is 5.94. The number of ether oxygens (including phenoxy) is 2. The van der Waals surface area contributed by atoms with Crippen LogP contribution in [0.25, 0.3) is 0 Å². The highest BCUT2D eigenvalue weighted by atomic mass is 19.3. The standard InChI is InChI=1S/C14H18F2N2O3/c1-9(17)12-8-18(6-7-20-12)13(19)10-2-4-11(5-3-10)21-14(15)16/h2-5,9,12,14H,6-8,17H2,1H3. The summed E-state index contributed by atoms with van der Waals surface area (Å²) in [4.78, 5) is 14.0. The van der Waals surface area contributed by atoms with Crippen LogP contribution in [0.3, 0.4) is 0 Å². The molecular formula is C14H18F2N2O3. The maximum Gasteiger partial charge on any atom is 0.387 e. The van der Waals surface area contributed by atoms with Gasteiger partial charge in [0.15, 0.2) is 0 Å². The molecule has 0 aliphatic carbocycles. The second kappa shape index (κ2) is 6.82. The van der Waals surface area contributed by atoms with Gasteiger partial charge in [-0.3, -0.25) is 4.79 Å². The fraction of sp³-hybridized carbons (Fsp3) is 0.500. The molecule has 116 valence electrons. The van der Waals surface area contributed by atoms with Crippen LogP contribution in [-0.2, 0) is 4.74 Å². The fourth-order valence-electron chi connectivity index (χ4n) is 2.14. The van der Waals surface area contributed by atoms with Gasteiger partial charge in [-0.2, -0.15) is 8.78 Å². The molecule has 0 radical (unpaired) electrons. The van der Waals surface area contributed by atoms with E-state index in [0.717, 1.165) is 0 Å². The summed E-state index contributed by atoms with van der Waals surface area (Å²) < 4.78 is 33.9. The molecule has 0 saturated carbocycles. The van der Waals surface area contributed by atoms with Crippen LogP contribution in [0.1, 0.15) is 17.3 Å². The molecule has 2 N–H and O–H groups in total. The van der Waals surface area contributed by atoms with Crippen LogP contribution >= 0.6 is 0 Å². The molecule has 0 spiro atoms. The van der Waals surface area contributed by atoms with Crippen molar-refractivity contribution >= 4 is 5.91 Å². The Morgan fingerprint density at radius 1 is 1.43 bits per heavy atom. The van der Waals surface area contributed by atoms with E-state index < -0.39 is 6.61 Å². The molecule has 0 aromatic heterocycles. The number of carbonyl (C=O) groups is 1. The average Bonchev–Trinajstić information content (AvgIpc) is 2.47. The van der Waals surface area contributed by atoms with Gasteiger partial charge in [-0.1, -0.05) is 0 Å². The molecule has 5 nitrogen and oxygen atoms in total. The predicted molar refractivity (Wildman–Crippen MR) is 72.4 cm³/mol. The first-order valence-electron chi connectivity index (χ1n) is 6.68. The molecular weight excluding hydrogens is 282 g/mol. The van der Waals surface area contributed by atoms with E-state index in [2.05, 4.69) is 4.74 Å². The third-order valence-electron chi connectivity index (χ3n) is 3.29. The van der Waals surface area contributed by atoms with Gasteiger partial charge in [0.2, 0.25) is 0 Å². The Hall–Kier alpha value is -1.73. The Morgan fingerprint density at radius 2 is 2.10 bits per heavy atom. The van der Waals surface area contributed by atoms with Gasteiger partial charge in [-0.25, -0.2) is 0 Å². The Bertz CT molecular complexity index is 480. The Kier molecular flexibility index (Phi) is 5.08. The molecule has 1 fully saturated rings. The molecule has 1 aromatic carbocycles. The lowest BCUT2D eigenvalue weighted by Gasteiger charge is -2.34. The van der Waals surface area contributed by atoms with Gasteiger partial charge in [0.05, 0.1) is 12.7 Å². The lowest BCUT2D eigenvalue weighted by molar-refractivity contribution is -0.0498. The summed E-state index contributed by atoms with van der Waals surface area (Å²) in [5.74, 6) is -0.149. The molecule has 1 aromatic rings. The van der Waals surface area contributed by atoms with Crippen molar-refractivity contribution in [2.75, 3.05) is 19.7 Å². The van der Waals surface area contributed by atoms with E-state index >= 15 is 0 Å².